The third-order valence-corrected chi connectivity index (χ3v) is 5.92. The topological polar surface area (TPSA) is 82.5 Å². The molecule has 7 nitrogen and oxygen atoms in total. The van der Waals surface area contributed by atoms with E-state index in [9.17, 15) is 23.1 Å². The van der Waals surface area contributed by atoms with E-state index < -0.39 is 17.7 Å². The number of alkyl halides is 3. The van der Waals surface area contributed by atoms with Crippen molar-refractivity contribution in [1.82, 2.24) is 15.0 Å². The minimum Gasteiger partial charge on any atom is -0.478 e. The summed E-state index contributed by atoms with van der Waals surface area (Å²) in [5.74, 6) is 0.0722. The van der Waals surface area contributed by atoms with Gasteiger partial charge in [0.15, 0.2) is 5.82 Å². The molecule has 0 saturated carbocycles. The first-order valence-electron chi connectivity index (χ1n) is 10.9. The fourth-order valence-electron chi connectivity index (χ4n) is 4.08. The largest absolute Gasteiger partial charge is 0.478 e. The van der Waals surface area contributed by atoms with Crippen molar-refractivity contribution in [3.8, 4) is 11.3 Å². The van der Waals surface area contributed by atoms with Gasteiger partial charge in [0.2, 0.25) is 0 Å². The minimum absolute atomic E-state index is 0.128. The van der Waals surface area contributed by atoms with Gasteiger partial charge in [-0.1, -0.05) is 30.3 Å². The average Bonchev–Trinajstić information content (AvgIpc) is 2.88. The maximum atomic E-state index is 12.9. The predicted octanol–water partition coefficient (Wildman–Crippen LogP) is 4.74. The summed E-state index contributed by atoms with van der Waals surface area (Å²) in [6.45, 7) is 2.14. The molecule has 5 rings (SSSR count). The molecule has 2 aromatic heterocycles. The Morgan fingerprint density at radius 2 is 1.57 bits per heavy atom. The van der Waals surface area contributed by atoms with Crippen LogP contribution >= 0.6 is 0 Å². The highest BCUT2D eigenvalue weighted by atomic mass is 19.4. The van der Waals surface area contributed by atoms with Crippen LogP contribution in [0, 0.1) is 0 Å². The van der Waals surface area contributed by atoms with Gasteiger partial charge in [0.05, 0.1) is 22.2 Å². The van der Waals surface area contributed by atoms with E-state index in [0.29, 0.717) is 54.5 Å². The Morgan fingerprint density at radius 3 is 2.20 bits per heavy atom. The molecule has 0 bridgehead atoms. The molecule has 0 aliphatic carbocycles. The van der Waals surface area contributed by atoms with Gasteiger partial charge in [-0.3, -0.25) is 0 Å². The lowest BCUT2D eigenvalue weighted by Gasteiger charge is -2.36. The van der Waals surface area contributed by atoms with Crippen LogP contribution in [0.3, 0.4) is 0 Å². The van der Waals surface area contributed by atoms with Crippen LogP contribution in [-0.4, -0.2) is 52.2 Å². The lowest BCUT2D eigenvalue weighted by molar-refractivity contribution is -0.137. The van der Waals surface area contributed by atoms with Crippen molar-refractivity contribution in [3.63, 3.8) is 0 Å². The van der Waals surface area contributed by atoms with Crippen LogP contribution in [0.15, 0.2) is 66.9 Å². The van der Waals surface area contributed by atoms with Crippen molar-refractivity contribution in [1.29, 1.82) is 0 Å². The molecule has 0 radical (unpaired) electrons. The van der Waals surface area contributed by atoms with Crippen LogP contribution in [0.25, 0.3) is 22.3 Å². The Kier molecular flexibility index (Phi) is 5.72. The molecule has 1 aliphatic rings. The fraction of sp³-hybridized carbons (Fsp3) is 0.200. The third kappa shape index (κ3) is 4.59. The van der Waals surface area contributed by atoms with Crippen LogP contribution in [0.5, 0.6) is 0 Å². The number of carboxylic acid groups (broad SMARTS) is 1. The van der Waals surface area contributed by atoms with Gasteiger partial charge in [-0.2, -0.15) is 13.2 Å². The molecule has 1 aliphatic heterocycles. The molecule has 0 amide bonds. The first-order valence-corrected chi connectivity index (χ1v) is 10.9. The van der Waals surface area contributed by atoms with Gasteiger partial charge in [-0.05, 0) is 30.3 Å². The first kappa shape index (κ1) is 22.6. The van der Waals surface area contributed by atoms with Crippen LogP contribution < -0.4 is 9.80 Å². The van der Waals surface area contributed by atoms with Gasteiger partial charge in [0.25, 0.3) is 0 Å². The number of carbonyl (C=O) groups is 1. The number of fused-ring (bicyclic) bond motifs is 1. The first-order chi connectivity index (χ1) is 16.8. The van der Waals surface area contributed by atoms with Crippen molar-refractivity contribution in [2.45, 2.75) is 6.18 Å². The number of anilines is 2. The number of hydrogen-bond acceptors (Lipinski definition) is 6. The molecule has 1 N–H and O–H groups in total. The summed E-state index contributed by atoms with van der Waals surface area (Å²) < 4.78 is 38.6. The lowest BCUT2D eigenvalue weighted by atomic mass is 10.1. The zero-order chi connectivity index (χ0) is 24.6. The van der Waals surface area contributed by atoms with Crippen molar-refractivity contribution in [2.75, 3.05) is 36.0 Å². The number of benzene rings is 2. The molecule has 3 heterocycles. The number of piperazine rings is 1. The van der Waals surface area contributed by atoms with Crippen molar-refractivity contribution in [2.24, 2.45) is 0 Å². The molecule has 0 atom stereocenters. The Labute approximate surface area is 198 Å². The highest BCUT2D eigenvalue weighted by Gasteiger charge is 2.31. The highest BCUT2D eigenvalue weighted by molar-refractivity contribution is 5.93. The molecule has 2 aromatic carbocycles. The number of nitrogens with zero attached hydrogens (tertiary/aromatic N) is 5. The minimum atomic E-state index is -4.42. The van der Waals surface area contributed by atoms with Gasteiger partial charge in [0, 0.05) is 37.9 Å². The maximum Gasteiger partial charge on any atom is 0.417 e. The number of carboxylic acids is 1. The summed E-state index contributed by atoms with van der Waals surface area (Å²) in [4.78, 5) is 29.0. The predicted molar refractivity (Wildman–Crippen MR) is 126 cm³/mol. The van der Waals surface area contributed by atoms with Crippen LogP contribution in [0.2, 0.25) is 0 Å². The molecular formula is C25H20F3N5O2. The molecular weight excluding hydrogens is 459 g/mol. The fourth-order valence-corrected chi connectivity index (χ4v) is 4.08. The third-order valence-electron chi connectivity index (χ3n) is 5.92. The van der Waals surface area contributed by atoms with Gasteiger partial charge in [0.1, 0.15) is 11.5 Å². The molecule has 0 spiro atoms. The Morgan fingerprint density at radius 1 is 0.857 bits per heavy atom. The second kappa shape index (κ2) is 8.86. The zero-order valence-corrected chi connectivity index (χ0v) is 18.4. The summed E-state index contributed by atoms with van der Waals surface area (Å²) in [5, 5.41) is 9.36. The quantitative estimate of drug-likeness (QED) is 0.453. The summed E-state index contributed by atoms with van der Waals surface area (Å²) >= 11 is 0. The van der Waals surface area contributed by atoms with E-state index in [4.69, 9.17) is 9.97 Å². The number of hydrogen-bond donors (Lipinski definition) is 1. The molecule has 178 valence electrons. The van der Waals surface area contributed by atoms with E-state index in [2.05, 4.69) is 9.88 Å². The average molecular weight is 479 g/mol. The summed E-state index contributed by atoms with van der Waals surface area (Å²) in [6.07, 6.45) is -3.57. The second-order valence-electron chi connectivity index (χ2n) is 8.15. The van der Waals surface area contributed by atoms with Crippen LogP contribution in [0.1, 0.15) is 15.9 Å². The molecule has 10 heteroatoms. The summed E-state index contributed by atoms with van der Waals surface area (Å²) in [7, 11) is 0. The Balaban J connectivity index is 1.45. The van der Waals surface area contributed by atoms with E-state index in [-0.39, 0.29) is 5.56 Å². The van der Waals surface area contributed by atoms with E-state index in [0.717, 1.165) is 17.8 Å². The van der Waals surface area contributed by atoms with Gasteiger partial charge in [-0.25, -0.2) is 19.7 Å². The summed E-state index contributed by atoms with van der Waals surface area (Å²) in [6, 6.07) is 16.7. The Hall–Kier alpha value is -4.21. The van der Waals surface area contributed by atoms with Crippen molar-refractivity contribution >= 4 is 28.6 Å². The molecule has 35 heavy (non-hydrogen) atoms. The number of halogens is 3. The number of rotatable bonds is 4. The smallest absolute Gasteiger partial charge is 0.417 e. The SMILES string of the molecule is O=C(O)c1ccc2nc(-c3ccccc3)c(N3CCN(c4ccc(C(F)(F)F)cn4)CC3)nc2c1. The number of pyridine rings is 1. The van der Waals surface area contributed by atoms with Crippen LogP contribution in [0.4, 0.5) is 24.8 Å². The molecule has 4 aromatic rings. The highest BCUT2D eigenvalue weighted by Crippen LogP contribution is 2.32. The van der Waals surface area contributed by atoms with Crippen molar-refractivity contribution < 1.29 is 23.1 Å². The second-order valence-corrected chi connectivity index (χ2v) is 8.15. The summed E-state index contributed by atoms with van der Waals surface area (Å²) in [5.41, 5.74) is 1.98. The van der Waals surface area contributed by atoms with E-state index in [1.165, 1.54) is 18.2 Å². The monoisotopic (exact) mass is 479 g/mol. The van der Waals surface area contributed by atoms with Crippen LogP contribution in [-0.2, 0) is 6.18 Å². The number of aromatic nitrogens is 3. The molecule has 1 saturated heterocycles. The van der Waals surface area contributed by atoms with Gasteiger partial charge >= 0.3 is 12.1 Å². The van der Waals surface area contributed by atoms with Gasteiger partial charge < -0.3 is 14.9 Å². The zero-order valence-electron chi connectivity index (χ0n) is 18.4. The van der Waals surface area contributed by atoms with E-state index in [1.54, 1.807) is 6.07 Å². The molecule has 1 fully saturated rings. The lowest BCUT2D eigenvalue weighted by Crippen LogP contribution is -2.47. The van der Waals surface area contributed by atoms with E-state index >= 15 is 0 Å². The van der Waals surface area contributed by atoms with E-state index in [1.807, 2.05) is 35.2 Å². The Bertz CT molecular complexity index is 1370. The number of aromatic carboxylic acids is 1. The maximum absolute atomic E-state index is 12.9. The van der Waals surface area contributed by atoms with Gasteiger partial charge in [-0.15, -0.1) is 0 Å². The molecule has 0 unspecified atom stereocenters. The normalized spacial score (nSPS) is 14.4. The van der Waals surface area contributed by atoms with Crippen molar-refractivity contribution in [3.05, 3.63) is 78.0 Å². The standard InChI is InChI=1S/C25H20F3N5O2/c26-25(27,28)18-7-9-21(29-15-18)32-10-12-33(13-11-32)23-22(16-4-2-1-3-5-16)30-19-8-6-17(24(34)35)14-20(19)31-23/h1-9,14-15H,10-13H2,(H,34,35).